The van der Waals surface area contributed by atoms with Crippen LogP contribution in [0.1, 0.15) is 91.9 Å². The zero-order valence-electron chi connectivity index (χ0n) is 24.2. The van der Waals surface area contributed by atoms with E-state index in [0.29, 0.717) is 47.8 Å². The van der Waals surface area contributed by atoms with Gasteiger partial charge in [0.2, 0.25) is 0 Å². The Balaban J connectivity index is 1.37. The summed E-state index contributed by atoms with van der Waals surface area (Å²) in [6, 6.07) is 0. The molecule has 0 radical (unpaired) electrons. The maximum absolute atomic E-state index is 11.9. The largest absolute Gasteiger partial charge is 0.393 e. The molecule has 5 fully saturated rings. The van der Waals surface area contributed by atoms with Crippen LogP contribution >= 0.6 is 0 Å². The van der Waals surface area contributed by atoms with E-state index >= 15 is 0 Å². The number of ether oxygens (including phenoxy) is 2. The van der Waals surface area contributed by atoms with Crippen molar-refractivity contribution in [1.82, 2.24) is 0 Å². The predicted molar refractivity (Wildman–Crippen MR) is 142 cm³/mol. The number of aliphatic hydroxyl groups excluding tert-OH is 3. The van der Waals surface area contributed by atoms with Gasteiger partial charge in [0, 0.05) is 38.4 Å². The summed E-state index contributed by atoms with van der Waals surface area (Å²) in [5.41, 5.74) is -1.93. The average Bonchev–Trinajstić information content (AvgIpc) is 3.51. The summed E-state index contributed by atoms with van der Waals surface area (Å²) in [4.78, 5) is 0. The second-order valence-electron chi connectivity index (χ2n) is 14.7. The Morgan fingerprint density at radius 2 is 1.68 bits per heavy atom. The van der Waals surface area contributed by atoms with Crippen molar-refractivity contribution in [3.63, 3.8) is 0 Å². The van der Waals surface area contributed by atoms with Gasteiger partial charge in [0.15, 0.2) is 5.79 Å². The molecule has 0 aliphatic heterocycles. The number of fused-ring (bicyclic) bond motifs is 5. The molecule has 0 bridgehead atoms. The van der Waals surface area contributed by atoms with Gasteiger partial charge < -0.3 is 29.9 Å². The van der Waals surface area contributed by atoms with E-state index in [9.17, 15) is 20.4 Å². The van der Waals surface area contributed by atoms with Crippen molar-refractivity contribution >= 4 is 0 Å². The first-order valence-corrected chi connectivity index (χ1v) is 15.2. The lowest BCUT2D eigenvalue weighted by Crippen LogP contribution is -2.64. The Morgan fingerprint density at radius 1 is 1.00 bits per heavy atom. The minimum atomic E-state index is -1.58. The summed E-state index contributed by atoms with van der Waals surface area (Å²) in [5, 5.41) is 45.7. The van der Waals surface area contributed by atoms with Crippen molar-refractivity contribution in [3.05, 3.63) is 0 Å². The van der Waals surface area contributed by atoms with Crippen LogP contribution in [0.4, 0.5) is 0 Å². The van der Waals surface area contributed by atoms with Crippen LogP contribution in [-0.2, 0) is 9.47 Å². The van der Waals surface area contributed by atoms with Crippen LogP contribution in [0.5, 0.6) is 0 Å². The predicted octanol–water partition coefficient (Wildman–Crippen LogP) is 4.37. The van der Waals surface area contributed by atoms with Gasteiger partial charge in [-0.2, -0.15) is 0 Å². The molecular formula is C31H54O6. The smallest absolute Gasteiger partial charge is 0.167 e. The molecule has 0 saturated heterocycles. The van der Waals surface area contributed by atoms with Crippen LogP contribution < -0.4 is 0 Å². The first kappa shape index (κ1) is 28.3. The van der Waals surface area contributed by atoms with Gasteiger partial charge in [-0.3, -0.25) is 0 Å². The Hall–Kier alpha value is -0.240. The fraction of sp³-hybridized carbons (Fsp3) is 1.00. The van der Waals surface area contributed by atoms with Gasteiger partial charge in [-0.05, 0) is 98.2 Å². The minimum absolute atomic E-state index is 0.146. The van der Waals surface area contributed by atoms with Crippen molar-refractivity contribution in [2.45, 2.75) is 115 Å². The molecule has 6 heteroatoms. The molecule has 0 aromatic heterocycles. The Labute approximate surface area is 224 Å². The van der Waals surface area contributed by atoms with E-state index in [0.717, 1.165) is 51.4 Å². The highest BCUT2D eigenvalue weighted by Crippen LogP contribution is 2.69. The van der Waals surface area contributed by atoms with Crippen LogP contribution in [0.2, 0.25) is 0 Å². The fourth-order valence-corrected chi connectivity index (χ4v) is 10.7. The Kier molecular flexibility index (Phi) is 7.41. The van der Waals surface area contributed by atoms with Gasteiger partial charge in [-0.25, -0.2) is 0 Å². The van der Waals surface area contributed by atoms with Gasteiger partial charge in [0.25, 0.3) is 0 Å². The third-order valence-electron chi connectivity index (χ3n) is 13.5. The number of methoxy groups -OCH3 is 2. The van der Waals surface area contributed by atoms with Crippen molar-refractivity contribution in [2.24, 2.45) is 58.2 Å². The number of hydrogen-bond acceptors (Lipinski definition) is 6. The zero-order valence-corrected chi connectivity index (χ0v) is 24.2. The molecule has 13 atom stereocenters. The lowest BCUT2D eigenvalue weighted by Gasteiger charge is -2.63. The average molecular weight is 523 g/mol. The standard InChI is InChI=1S/C31H54O6/c1-18-13-22(18)19(2)14-27(34)31(35,17-32)25-10-9-23-21-8-7-20-16-30(36-5,37-6)12-11-28(20,3)24(21)15-26(33)29(23,25)4/h18-27,32-35H,7-17H2,1-6H3. The van der Waals surface area contributed by atoms with E-state index in [4.69, 9.17) is 9.47 Å². The number of hydrogen-bond donors (Lipinski definition) is 4. The molecular weight excluding hydrogens is 468 g/mol. The Morgan fingerprint density at radius 3 is 2.27 bits per heavy atom. The van der Waals surface area contributed by atoms with Crippen LogP contribution in [0, 0.1) is 58.2 Å². The molecule has 5 aliphatic rings. The van der Waals surface area contributed by atoms with E-state index in [1.807, 2.05) is 0 Å². The highest BCUT2D eigenvalue weighted by Gasteiger charge is 2.67. The normalized spacial score (nSPS) is 49.8. The van der Waals surface area contributed by atoms with Gasteiger partial charge in [0.1, 0.15) is 5.60 Å². The third kappa shape index (κ3) is 4.18. The second kappa shape index (κ2) is 9.69. The monoisotopic (exact) mass is 522 g/mol. The van der Waals surface area contributed by atoms with E-state index in [-0.39, 0.29) is 11.3 Å². The van der Waals surface area contributed by atoms with Gasteiger partial charge in [0.05, 0.1) is 18.8 Å². The lowest BCUT2D eigenvalue weighted by atomic mass is 9.43. The minimum Gasteiger partial charge on any atom is -0.393 e. The highest BCUT2D eigenvalue weighted by molar-refractivity contribution is 5.16. The summed E-state index contributed by atoms with van der Waals surface area (Å²) in [6.45, 7) is 8.56. The topological polar surface area (TPSA) is 99.4 Å². The number of aliphatic hydroxyl groups is 4. The van der Waals surface area contributed by atoms with Gasteiger partial charge in [-0.15, -0.1) is 0 Å². The maximum atomic E-state index is 11.9. The maximum Gasteiger partial charge on any atom is 0.167 e. The van der Waals surface area contributed by atoms with Gasteiger partial charge in [-0.1, -0.05) is 27.7 Å². The van der Waals surface area contributed by atoms with Crippen molar-refractivity contribution in [3.8, 4) is 0 Å². The van der Waals surface area contributed by atoms with E-state index in [1.165, 1.54) is 6.42 Å². The van der Waals surface area contributed by atoms with Crippen LogP contribution in [-0.4, -0.2) is 64.8 Å². The molecule has 0 amide bonds. The van der Waals surface area contributed by atoms with Crippen LogP contribution in [0.25, 0.3) is 0 Å². The van der Waals surface area contributed by atoms with Gasteiger partial charge >= 0.3 is 0 Å². The van der Waals surface area contributed by atoms with Crippen LogP contribution in [0.15, 0.2) is 0 Å². The molecule has 0 heterocycles. The van der Waals surface area contributed by atoms with Crippen molar-refractivity contribution in [1.29, 1.82) is 0 Å². The molecule has 0 spiro atoms. The van der Waals surface area contributed by atoms with Crippen molar-refractivity contribution in [2.75, 3.05) is 20.8 Å². The van der Waals surface area contributed by atoms with Crippen LogP contribution in [0.3, 0.4) is 0 Å². The number of rotatable bonds is 8. The van der Waals surface area contributed by atoms with E-state index in [2.05, 4.69) is 27.7 Å². The molecule has 13 unspecified atom stereocenters. The third-order valence-corrected chi connectivity index (χ3v) is 13.5. The SMILES string of the molecule is COC1(OC)CCC2(C)C(CCC3C2CC(O)C2(C)C3CCC2C(O)(CO)C(O)CC(C)C2CC2C)C1. The summed E-state index contributed by atoms with van der Waals surface area (Å²) in [7, 11) is 3.52. The summed E-state index contributed by atoms with van der Waals surface area (Å²) < 4.78 is 11.7. The summed E-state index contributed by atoms with van der Waals surface area (Å²) in [5.74, 6) is 2.57. The zero-order chi connectivity index (χ0) is 27.0. The molecule has 5 rings (SSSR count). The molecule has 5 aliphatic carbocycles. The fourth-order valence-electron chi connectivity index (χ4n) is 10.7. The molecule has 0 aromatic carbocycles. The second-order valence-corrected chi connectivity index (χ2v) is 14.7. The summed E-state index contributed by atoms with van der Waals surface area (Å²) >= 11 is 0. The molecule has 5 saturated carbocycles. The Bertz CT molecular complexity index is 831. The summed E-state index contributed by atoms with van der Waals surface area (Å²) in [6.07, 6.45) is 7.70. The van der Waals surface area contributed by atoms with E-state index in [1.54, 1.807) is 14.2 Å². The molecule has 37 heavy (non-hydrogen) atoms. The molecule has 0 aromatic rings. The first-order valence-electron chi connectivity index (χ1n) is 15.2. The molecule has 4 N–H and O–H groups in total. The first-order chi connectivity index (χ1) is 17.4. The lowest BCUT2D eigenvalue weighted by molar-refractivity contribution is -0.268. The molecule has 214 valence electrons. The van der Waals surface area contributed by atoms with Crippen molar-refractivity contribution < 1.29 is 29.9 Å². The molecule has 6 nitrogen and oxygen atoms in total. The van der Waals surface area contributed by atoms with E-state index < -0.39 is 35.6 Å². The quantitative estimate of drug-likeness (QED) is 0.353. The highest BCUT2D eigenvalue weighted by atomic mass is 16.7.